The lowest BCUT2D eigenvalue weighted by atomic mass is 10.0. The molecule has 1 aliphatic heterocycles. The number of benzene rings is 2. The number of aldehydes is 1. The highest BCUT2D eigenvalue weighted by Gasteiger charge is 2.22. The van der Waals surface area contributed by atoms with Gasteiger partial charge < -0.3 is 14.5 Å². The molecule has 2 aromatic rings. The maximum Gasteiger partial charge on any atom is 0.226 e. The standard InChI is InChI=1S/C23H28N2O3/c1-17-6-4-5-7-22(17)28-13-8-23(27)25-11-9-24(10-12-25)21-15-18(2)20(16-26)14-19(21)3/h4-7,14-16H,8-13H2,1-3H3. The summed E-state index contributed by atoms with van der Waals surface area (Å²) in [4.78, 5) is 27.8. The quantitative estimate of drug-likeness (QED) is 0.719. The van der Waals surface area contributed by atoms with Gasteiger partial charge in [0.1, 0.15) is 12.0 Å². The molecule has 1 heterocycles. The Bertz CT molecular complexity index is 855. The molecule has 0 N–H and O–H groups in total. The molecule has 0 aromatic heterocycles. The van der Waals surface area contributed by atoms with Gasteiger partial charge in [-0.25, -0.2) is 0 Å². The maximum atomic E-state index is 12.5. The Morgan fingerprint density at radius 3 is 2.39 bits per heavy atom. The van der Waals surface area contributed by atoms with Crippen LogP contribution in [0.15, 0.2) is 36.4 Å². The van der Waals surface area contributed by atoms with Gasteiger partial charge in [-0.05, 0) is 55.7 Å². The Kier molecular flexibility index (Phi) is 6.34. The molecule has 1 aliphatic rings. The molecule has 1 amide bonds. The van der Waals surface area contributed by atoms with Gasteiger partial charge in [0.25, 0.3) is 0 Å². The summed E-state index contributed by atoms with van der Waals surface area (Å²) in [5.41, 5.74) is 5.05. The van der Waals surface area contributed by atoms with E-state index < -0.39 is 0 Å². The summed E-state index contributed by atoms with van der Waals surface area (Å²) in [5, 5.41) is 0. The van der Waals surface area contributed by atoms with Crippen LogP contribution in [0.3, 0.4) is 0 Å². The number of rotatable bonds is 6. The number of para-hydroxylation sites is 1. The topological polar surface area (TPSA) is 49.9 Å². The van der Waals surface area contributed by atoms with E-state index in [2.05, 4.69) is 11.0 Å². The second-order valence-electron chi connectivity index (χ2n) is 7.34. The summed E-state index contributed by atoms with van der Waals surface area (Å²) >= 11 is 0. The zero-order valence-corrected chi connectivity index (χ0v) is 16.9. The fourth-order valence-electron chi connectivity index (χ4n) is 3.61. The molecule has 5 nitrogen and oxygen atoms in total. The zero-order valence-electron chi connectivity index (χ0n) is 16.9. The molecule has 148 valence electrons. The van der Waals surface area contributed by atoms with Gasteiger partial charge in [0.05, 0.1) is 13.0 Å². The van der Waals surface area contributed by atoms with Gasteiger partial charge in [-0.15, -0.1) is 0 Å². The van der Waals surface area contributed by atoms with Crippen LogP contribution in [0.1, 0.15) is 33.5 Å². The zero-order chi connectivity index (χ0) is 20.1. The lowest BCUT2D eigenvalue weighted by Crippen LogP contribution is -2.49. The summed E-state index contributed by atoms with van der Waals surface area (Å²) < 4.78 is 5.75. The van der Waals surface area contributed by atoms with Crippen molar-refractivity contribution in [1.82, 2.24) is 4.90 Å². The van der Waals surface area contributed by atoms with E-state index in [4.69, 9.17) is 4.74 Å². The van der Waals surface area contributed by atoms with Crippen molar-refractivity contribution in [2.45, 2.75) is 27.2 Å². The van der Waals surface area contributed by atoms with Crippen molar-refractivity contribution in [2.24, 2.45) is 0 Å². The monoisotopic (exact) mass is 380 g/mol. The number of hydrogen-bond acceptors (Lipinski definition) is 4. The van der Waals surface area contributed by atoms with Crippen molar-refractivity contribution in [3.63, 3.8) is 0 Å². The fraction of sp³-hybridized carbons (Fsp3) is 0.391. The third-order valence-electron chi connectivity index (χ3n) is 5.35. The molecule has 28 heavy (non-hydrogen) atoms. The first kappa shape index (κ1) is 19.9. The normalized spacial score (nSPS) is 14.1. The molecule has 1 fully saturated rings. The molecule has 5 heteroatoms. The van der Waals surface area contributed by atoms with Gasteiger partial charge in [-0.1, -0.05) is 18.2 Å². The van der Waals surface area contributed by atoms with Crippen molar-refractivity contribution in [3.8, 4) is 5.75 Å². The Labute approximate surface area is 166 Å². The Balaban J connectivity index is 1.51. The summed E-state index contributed by atoms with van der Waals surface area (Å²) in [5.74, 6) is 0.974. The molecule has 0 saturated carbocycles. The SMILES string of the molecule is Cc1cc(N2CCN(C(=O)CCOc3ccccc3C)CC2)c(C)cc1C=O. The lowest BCUT2D eigenvalue weighted by Gasteiger charge is -2.37. The van der Waals surface area contributed by atoms with Crippen molar-refractivity contribution >= 4 is 17.9 Å². The number of anilines is 1. The second kappa shape index (κ2) is 8.91. The summed E-state index contributed by atoms with van der Waals surface area (Å²) in [6.45, 7) is 9.39. The minimum absolute atomic E-state index is 0.137. The van der Waals surface area contributed by atoms with Crippen molar-refractivity contribution < 1.29 is 14.3 Å². The first-order chi connectivity index (χ1) is 13.5. The third-order valence-corrected chi connectivity index (χ3v) is 5.35. The molecule has 0 spiro atoms. The van der Waals surface area contributed by atoms with E-state index in [-0.39, 0.29) is 5.91 Å². The lowest BCUT2D eigenvalue weighted by molar-refractivity contribution is -0.132. The molecule has 0 aliphatic carbocycles. The number of amides is 1. The Hall–Kier alpha value is -2.82. The van der Waals surface area contributed by atoms with Gasteiger partial charge in [0.15, 0.2) is 0 Å². The van der Waals surface area contributed by atoms with Crippen LogP contribution in [0, 0.1) is 20.8 Å². The highest BCUT2D eigenvalue weighted by atomic mass is 16.5. The third kappa shape index (κ3) is 4.53. The van der Waals surface area contributed by atoms with Crippen LogP contribution in [-0.2, 0) is 4.79 Å². The van der Waals surface area contributed by atoms with Crippen LogP contribution in [0.25, 0.3) is 0 Å². The predicted molar refractivity (Wildman–Crippen MR) is 111 cm³/mol. The van der Waals surface area contributed by atoms with E-state index in [9.17, 15) is 9.59 Å². The first-order valence-corrected chi connectivity index (χ1v) is 9.77. The fourth-order valence-corrected chi connectivity index (χ4v) is 3.61. The Morgan fingerprint density at radius 2 is 1.71 bits per heavy atom. The van der Waals surface area contributed by atoms with Crippen molar-refractivity contribution in [2.75, 3.05) is 37.7 Å². The molecule has 0 atom stereocenters. The van der Waals surface area contributed by atoms with Gasteiger partial charge in [0, 0.05) is 37.4 Å². The second-order valence-corrected chi connectivity index (χ2v) is 7.34. The van der Waals surface area contributed by atoms with Crippen LogP contribution in [0.2, 0.25) is 0 Å². The molecule has 2 aromatic carbocycles. The number of piperazine rings is 1. The molecule has 0 bridgehead atoms. The Morgan fingerprint density at radius 1 is 1.00 bits per heavy atom. The van der Waals surface area contributed by atoms with E-state index in [0.717, 1.165) is 53.1 Å². The summed E-state index contributed by atoms with van der Waals surface area (Å²) in [6.07, 6.45) is 1.29. The minimum atomic E-state index is 0.137. The molecule has 0 radical (unpaired) electrons. The first-order valence-electron chi connectivity index (χ1n) is 9.77. The molecular formula is C23H28N2O3. The van der Waals surface area contributed by atoms with Crippen LogP contribution < -0.4 is 9.64 Å². The highest BCUT2D eigenvalue weighted by molar-refractivity contribution is 5.80. The van der Waals surface area contributed by atoms with Crippen LogP contribution in [0.4, 0.5) is 5.69 Å². The number of carbonyl (C=O) groups excluding carboxylic acids is 2. The summed E-state index contributed by atoms with van der Waals surface area (Å²) in [6, 6.07) is 11.9. The van der Waals surface area contributed by atoms with E-state index in [1.807, 2.05) is 56.0 Å². The minimum Gasteiger partial charge on any atom is -0.493 e. The average molecular weight is 380 g/mol. The van der Waals surface area contributed by atoms with Crippen LogP contribution >= 0.6 is 0 Å². The number of carbonyl (C=O) groups is 2. The van der Waals surface area contributed by atoms with Crippen LogP contribution in [-0.4, -0.2) is 49.9 Å². The number of aryl methyl sites for hydroxylation is 3. The molecule has 0 unspecified atom stereocenters. The van der Waals surface area contributed by atoms with E-state index in [1.165, 1.54) is 0 Å². The summed E-state index contributed by atoms with van der Waals surface area (Å²) in [7, 11) is 0. The highest BCUT2D eigenvalue weighted by Crippen LogP contribution is 2.25. The van der Waals surface area contributed by atoms with E-state index >= 15 is 0 Å². The average Bonchev–Trinajstić information content (AvgIpc) is 2.71. The number of ether oxygens (including phenoxy) is 1. The van der Waals surface area contributed by atoms with Gasteiger partial charge >= 0.3 is 0 Å². The largest absolute Gasteiger partial charge is 0.493 e. The van der Waals surface area contributed by atoms with Gasteiger partial charge in [-0.2, -0.15) is 0 Å². The smallest absolute Gasteiger partial charge is 0.226 e. The van der Waals surface area contributed by atoms with Gasteiger partial charge in [0.2, 0.25) is 5.91 Å². The predicted octanol–water partition coefficient (Wildman–Crippen LogP) is 3.54. The molecule has 3 rings (SSSR count). The maximum absolute atomic E-state index is 12.5. The van der Waals surface area contributed by atoms with Gasteiger partial charge in [-0.3, -0.25) is 9.59 Å². The molecular weight excluding hydrogens is 352 g/mol. The molecule has 1 saturated heterocycles. The van der Waals surface area contributed by atoms with Crippen molar-refractivity contribution in [3.05, 3.63) is 58.7 Å². The van der Waals surface area contributed by atoms with Crippen molar-refractivity contribution in [1.29, 1.82) is 0 Å². The number of nitrogens with zero attached hydrogens (tertiary/aromatic N) is 2. The van der Waals surface area contributed by atoms with E-state index in [1.54, 1.807) is 0 Å². The number of hydrogen-bond donors (Lipinski definition) is 0. The van der Waals surface area contributed by atoms with Crippen LogP contribution in [0.5, 0.6) is 5.75 Å². The van der Waals surface area contributed by atoms with E-state index in [0.29, 0.717) is 26.1 Å².